The normalized spacial score (nSPS) is 16.3. The van der Waals surface area contributed by atoms with E-state index in [1.165, 1.54) is 11.3 Å². The van der Waals surface area contributed by atoms with Gasteiger partial charge in [-0.1, -0.05) is 18.2 Å². The zero-order chi connectivity index (χ0) is 18.1. The third-order valence-electron chi connectivity index (χ3n) is 5.15. The number of para-hydroxylation sites is 1. The highest BCUT2D eigenvalue weighted by Gasteiger charge is 2.28. The van der Waals surface area contributed by atoms with Crippen molar-refractivity contribution in [1.29, 1.82) is 0 Å². The number of nitrogens with zero attached hydrogens (tertiary/aromatic N) is 2. The van der Waals surface area contributed by atoms with Crippen LogP contribution in [0.25, 0.3) is 5.65 Å². The Labute approximate surface area is 153 Å². The standard InChI is InChI=1S/C21H23N3O2/c1-14-9-10-24-18-12-15(7-8-17(18)23-20(24)11-14)21(25)22-13-16-5-3-4-6-19(16)26-2/h3-6,9-11,15H,7-8,12-13H2,1-2H3,(H,22,25). The van der Waals surface area contributed by atoms with Gasteiger partial charge >= 0.3 is 0 Å². The Morgan fingerprint density at radius 1 is 1.35 bits per heavy atom. The van der Waals surface area contributed by atoms with Crippen molar-refractivity contribution in [3.8, 4) is 5.75 Å². The van der Waals surface area contributed by atoms with Gasteiger partial charge in [-0.25, -0.2) is 4.98 Å². The smallest absolute Gasteiger partial charge is 0.223 e. The molecule has 0 saturated carbocycles. The van der Waals surface area contributed by atoms with E-state index in [0.29, 0.717) is 6.54 Å². The summed E-state index contributed by atoms with van der Waals surface area (Å²) in [5, 5.41) is 3.07. The molecule has 5 heteroatoms. The van der Waals surface area contributed by atoms with Crippen molar-refractivity contribution in [2.45, 2.75) is 32.7 Å². The van der Waals surface area contributed by atoms with Gasteiger partial charge in [0, 0.05) is 36.3 Å². The van der Waals surface area contributed by atoms with Gasteiger partial charge in [0.15, 0.2) is 0 Å². The van der Waals surface area contributed by atoms with Crippen molar-refractivity contribution in [3.05, 3.63) is 65.1 Å². The number of pyridine rings is 1. The fraction of sp³-hybridized carbons (Fsp3) is 0.333. The number of benzene rings is 1. The van der Waals surface area contributed by atoms with Gasteiger partial charge in [0.25, 0.3) is 0 Å². The van der Waals surface area contributed by atoms with E-state index in [9.17, 15) is 4.79 Å². The number of methoxy groups -OCH3 is 1. The number of nitrogens with one attached hydrogen (secondary N) is 1. The van der Waals surface area contributed by atoms with Gasteiger partial charge in [-0.15, -0.1) is 0 Å². The first-order valence-corrected chi connectivity index (χ1v) is 9.02. The number of hydrogen-bond acceptors (Lipinski definition) is 3. The summed E-state index contributed by atoms with van der Waals surface area (Å²) < 4.78 is 7.48. The fourth-order valence-corrected chi connectivity index (χ4v) is 3.71. The molecule has 1 amide bonds. The first-order chi connectivity index (χ1) is 12.7. The molecule has 2 heterocycles. The van der Waals surface area contributed by atoms with Gasteiger partial charge in [-0.2, -0.15) is 0 Å². The lowest BCUT2D eigenvalue weighted by Gasteiger charge is -2.21. The van der Waals surface area contributed by atoms with Crippen molar-refractivity contribution in [2.24, 2.45) is 5.92 Å². The minimum atomic E-state index is -0.0154. The molecule has 5 nitrogen and oxygen atoms in total. The van der Waals surface area contributed by atoms with Gasteiger partial charge in [-0.3, -0.25) is 4.79 Å². The number of amides is 1. The van der Waals surface area contributed by atoms with E-state index < -0.39 is 0 Å². The zero-order valence-corrected chi connectivity index (χ0v) is 15.2. The van der Waals surface area contributed by atoms with Crippen LogP contribution in [-0.4, -0.2) is 22.4 Å². The number of fused-ring (bicyclic) bond motifs is 3. The third kappa shape index (κ3) is 3.05. The molecular weight excluding hydrogens is 326 g/mol. The number of aryl methyl sites for hydroxylation is 2. The van der Waals surface area contributed by atoms with E-state index in [4.69, 9.17) is 9.72 Å². The summed E-state index contributed by atoms with van der Waals surface area (Å²) in [5.41, 5.74) is 5.47. The highest BCUT2D eigenvalue weighted by molar-refractivity contribution is 5.79. The molecule has 1 unspecified atom stereocenters. The van der Waals surface area contributed by atoms with Crippen LogP contribution < -0.4 is 10.1 Å². The van der Waals surface area contributed by atoms with Crippen LogP contribution in [0.4, 0.5) is 0 Å². The van der Waals surface area contributed by atoms with Crippen molar-refractivity contribution in [3.63, 3.8) is 0 Å². The average molecular weight is 349 g/mol. The Morgan fingerprint density at radius 3 is 3.04 bits per heavy atom. The molecule has 0 saturated heterocycles. The molecule has 0 fully saturated rings. The van der Waals surface area contributed by atoms with Crippen molar-refractivity contribution >= 4 is 11.6 Å². The van der Waals surface area contributed by atoms with Gasteiger partial charge < -0.3 is 14.5 Å². The largest absolute Gasteiger partial charge is 0.496 e. The maximum absolute atomic E-state index is 12.7. The molecule has 2 aromatic heterocycles. The lowest BCUT2D eigenvalue weighted by atomic mass is 9.89. The number of hydrogen-bond donors (Lipinski definition) is 1. The van der Waals surface area contributed by atoms with Crippen LogP contribution in [0.3, 0.4) is 0 Å². The highest BCUT2D eigenvalue weighted by atomic mass is 16.5. The minimum Gasteiger partial charge on any atom is -0.496 e. The molecule has 3 aromatic rings. The van der Waals surface area contributed by atoms with Crippen LogP contribution in [0, 0.1) is 12.8 Å². The number of carbonyl (C=O) groups excluding carboxylic acids is 1. The van der Waals surface area contributed by atoms with Crippen LogP contribution in [0.15, 0.2) is 42.6 Å². The lowest BCUT2D eigenvalue weighted by Crippen LogP contribution is -2.34. The monoisotopic (exact) mass is 349 g/mol. The predicted octanol–water partition coefficient (Wildman–Crippen LogP) is 3.07. The molecule has 1 aromatic carbocycles. The summed E-state index contributed by atoms with van der Waals surface area (Å²) in [5.74, 6) is 0.887. The van der Waals surface area contributed by atoms with Crippen LogP contribution >= 0.6 is 0 Å². The van der Waals surface area contributed by atoms with E-state index in [-0.39, 0.29) is 11.8 Å². The van der Waals surface area contributed by atoms with E-state index >= 15 is 0 Å². The molecular formula is C21H23N3O2. The highest BCUT2D eigenvalue weighted by Crippen LogP contribution is 2.27. The molecule has 1 N–H and O–H groups in total. The Hall–Kier alpha value is -2.82. The third-order valence-corrected chi connectivity index (χ3v) is 5.15. The van der Waals surface area contributed by atoms with Crippen LogP contribution in [-0.2, 0) is 24.2 Å². The second kappa shape index (κ2) is 6.83. The molecule has 1 aliphatic carbocycles. The first kappa shape index (κ1) is 16.6. The Kier molecular flexibility index (Phi) is 4.37. The molecule has 0 bridgehead atoms. The van der Waals surface area contributed by atoms with Gasteiger partial charge in [0.2, 0.25) is 5.91 Å². The molecule has 134 valence electrons. The predicted molar refractivity (Wildman–Crippen MR) is 100 cm³/mol. The van der Waals surface area contributed by atoms with Crippen LogP contribution in [0.5, 0.6) is 5.75 Å². The number of imidazole rings is 1. The molecule has 0 aliphatic heterocycles. The number of carbonyl (C=O) groups is 1. The Balaban J connectivity index is 1.48. The van der Waals surface area contributed by atoms with E-state index in [2.05, 4.69) is 35.0 Å². The molecule has 1 atom stereocenters. The quantitative estimate of drug-likeness (QED) is 0.787. The number of rotatable bonds is 4. The Bertz CT molecular complexity index is 961. The number of aromatic nitrogens is 2. The maximum atomic E-state index is 12.7. The summed E-state index contributed by atoms with van der Waals surface area (Å²) in [6, 6.07) is 12.0. The maximum Gasteiger partial charge on any atom is 0.223 e. The minimum absolute atomic E-state index is 0.0154. The fourth-order valence-electron chi connectivity index (χ4n) is 3.71. The Morgan fingerprint density at radius 2 is 2.19 bits per heavy atom. The van der Waals surface area contributed by atoms with Crippen LogP contribution in [0.2, 0.25) is 0 Å². The summed E-state index contributed by atoms with van der Waals surface area (Å²) in [6.07, 6.45) is 4.49. The second-order valence-electron chi connectivity index (χ2n) is 6.91. The van der Waals surface area contributed by atoms with E-state index in [1.54, 1.807) is 7.11 Å². The van der Waals surface area contributed by atoms with Crippen molar-refractivity contribution in [1.82, 2.24) is 14.7 Å². The lowest BCUT2D eigenvalue weighted by molar-refractivity contribution is -0.125. The summed E-state index contributed by atoms with van der Waals surface area (Å²) in [6.45, 7) is 2.56. The van der Waals surface area contributed by atoms with Gasteiger partial charge in [-0.05, 0) is 43.5 Å². The summed E-state index contributed by atoms with van der Waals surface area (Å²) in [4.78, 5) is 17.5. The molecule has 1 aliphatic rings. The second-order valence-corrected chi connectivity index (χ2v) is 6.91. The molecule has 26 heavy (non-hydrogen) atoms. The van der Waals surface area contributed by atoms with E-state index in [1.807, 2.05) is 24.3 Å². The van der Waals surface area contributed by atoms with Gasteiger partial charge in [0.05, 0.1) is 12.8 Å². The zero-order valence-electron chi connectivity index (χ0n) is 15.2. The molecule has 4 rings (SSSR count). The summed E-state index contributed by atoms with van der Waals surface area (Å²) >= 11 is 0. The molecule has 0 radical (unpaired) electrons. The van der Waals surface area contributed by atoms with E-state index in [0.717, 1.165) is 41.9 Å². The number of ether oxygens (including phenoxy) is 1. The first-order valence-electron chi connectivity index (χ1n) is 9.02. The topological polar surface area (TPSA) is 55.6 Å². The summed E-state index contributed by atoms with van der Waals surface area (Å²) in [7, 11) is 1.65. The van der Waals surface area contributed by atoms with Crippen molar-refractivity contribution < 1.29 is 9.53 Å². The SMILES string of the molecule is COc1ccccc1CNC(=O)C1CCc2nc3cc(C)ccn3c2C1. The van der Waals surface area contributed by atoms with Gasteiger partial charge in [0.1, 0.15) is 11.4 Å². The van der Waals surface area contributed by atoms with Crippen molar-refractivity contribution in [2.75, 3.05) is 7.11 Å². The molecule has 0 spiro atoms. The average Bonchev–Trinajstić information content (AvgIpc) is 3.02. The van der Waals surface area contributed by atoms with Crippen LogP contribution in [0.1, 0.15) is 28.9 Å².